The number of rotatable bonds is 6. The molecule has 4 heteroatoms. The van der Waals surface area contributed by atoms with Crippen molar-refractivity contribution in [1.82, 2.24) is 9.55 Å². The fourth-order valence-electron chi connectivity index (χ4n) is 2.34. The molecular formula is C19H18N2O2. The normalized spacial score (nSPS) is 10.5. The number of aromatic nitrogens is 2. The first kappa shape index (κ1) is 15.0. The van der Waals surface area contributed by atoms with Crippen molar-refractivity contribution < 1.29 is 9.53 Å². The van der Waals surface area contributed by atoms with Crippen LogP contribution in [0.25, 0.3) is 0 Å². The quantitative estimate of drug-likeness (QED) is 0.655. The van der Waals surface area contributed by atoms with Gasteiger partial charge in [0, 0.05) is 25.9 Å². The first-order chi connectivity index (χ1) is 11.2. The number of hydrogen-bond acceptors (Lipinski definition) is 3. The molecule has 0 atom stereocenters. The van der Waals surface area contributed by atoms with Gasteiger partial charge in [0.1, 0.15) is 12.4 Å². The van der Waals surface area contributed by atoms with Gasteiger partial charge in [-0.05, 0) is 23.3 Å². The van der Waals surface area contributed by atoms with Crippen molar-refractivity contribution in [3.63, 3.8) is 0 Å². The molecule has 0 aliphatic heterocycles. The molecule has 0 aliphatic rings. The van der Waals surface area contributed by atoms with Crippen LogP contribution in [0.15, 0.2) is 67.0 Å². The number of imidazole rings is 1. The number of ether oxygens (including phenoxy) is 1. The van der Waals surface area contributed by atoms with Gasteiger partial charge in [0.2, 0.25) is 5.78 Å². The Balaban J connectivity index is 1.59. The third-order valence-corrected chi connectivity index (χ3v) is 3.61. The second-order valence-corrected chi connectivity index (χ2v) is 5.38. The molecule has 23 heavy (non-hydrogen) atoms. The molecule has 1 heterocycles. The van der Waals surface area contributed by atoms with Crippen LogP contribution in [0.2, 0.25) is 0 Å². The highest BCUT2D eigenvalue weighted by Crippen LogP contribution is 2.15. The molecule has 0 aliphatic carbocycles. The zero-order valence-electron chi connectivity index (χ0n) is 13.0. The number of hydrogen-bond donors (Lipinski definition) is 0. The third kappa shape index (κ3) is 3.86. The summed E-state index contributed by atoms with van der Waals surface area (Å²) in [5.74, 6) is 1.28. The zero-order chi connectivity index (χ0) is 16.1. The fraction of sp³-hybridized carbons (Fsp3) is 0.158. The number of nitrogens with zero attached hydrogens (tertiary/aromatic N) is 2. The molecule has 2 aromatic carbocycles. The van der Waals surface area contributed by atoms with Crippen LogP contribution >= 0.6 is 0 Å². The lowest BCUT2D eigenvalue weighted by Gasteiger charge is -2.07. The third-order valence-electron chi connectivity index (χ3n) is 3.61. The van der Waals surface area contributed by atoms with Gasteiger partial charge >= 0.3 is 0 Å². The maximum Gasteiger partial charge on any atom is 0.202 e. The molecule has 3 aromatic rings. The Labute approximate surface area is 135 Å². The largest absolute Gasteiger partial charge is 0.489 e. The average Bonchev–Trinajstić information content (AvgIpc) is 3.01. The molecule has 0 amide bonds. The summed E-state index contributed by atoms with van der Waals surface area (Å²) in [6.45, 7) is 0.534. The second kappa shape index (κ2) is 6.92. The van der Waals surface area contributed by atoms with Gasteiger partial charge in [-0.3, -0.25) is 4.79 Å². The molecule has 0 N–H and O–H groups in total. The van der Waals surface area contributed by atoms with Crippen LogP contribution in [0, 0.1) is 0 Å². The Bertz CT molecular complexity index is 777. The van der Waals surface area contributed by atoms with Crippen molar-refractivity contribution in [2.45, 2.75) is 13.0 Å². The van der Waals surface area contributed by atoms with Crippen molar-refractivity contribution in [2.75, 3.05) is 0 Å². The van der Waals surface area contributed by atoms with Crippen molar-refractivity contribution in [1.29, 1.82) is 0 Å². The number of carbonyl (C=O) groups is 1. The van der Waals surface area contributed by atoms with Crippen LogP contribution in [0.4, 0.5) is 0 Å². The predicted molar refractivity (Wildman–Crippen MR) is 88.5 cm³/mol. The standard InChI is InChI=1S/C19H18N2O2/c1-21-12-11-20-19(21)18(22)13-15-7-9-17(10-8-15)23-14-16-5-3-2-4-6-16/h2-12H,13-14H2,1H3. The van der Waals surface area contributed by atoms with Gasteiger partial charge in [-0.15, -0.1) is 0 Å². The molecule has 4 nitrogen and oxygen atoms in total. The Kier molecular flexibility index (Phi) is 4.52. The number of carbonyl (C=O) groups excluding carboxylic acids is 1. The van der Waals surface area contributed by atoms with E-state index in [-0.39, 0.29) is 5.78 Å². The van der Waals surface area contributed by atoms with Gasteiger partial charge in [0.15, 0.2) is 5.82 Å². The van der Waals surface area contributed by atoms with E-state index in [0.29, 0.717) is 18.9 Å². The van der Waals surface area contributed by atoms with E-state index in [0.717, 1.165) is 16.9 Å². The number of ketones is 1. The molecular weight excluding hydrogens is 288 g/mol. The summed E-state index contributed by atoms with van der Waals surface area (Å²) in [6, 6.07) is 17.6. The summed E-state index contributed by atoms with van der Waals surface area (Å²) in [7, 11) is 1.82. The molecule has 0 unspecified atom stereocenters. The Hall–Kier alpha value is -2.88. The smallest absolute Gasteiger partial charge is 0.202 e. The van der Waals surface area contributed by atoms with Crippen LogP contribution in [0.5, 0.6) is 5.75 Å². The van der Waals surface area contributed by atoms with E-state index in [4.69, 9.17) is 4.74 Å². The van der Waals surface area contributed by atoms with E-state index in [2.05, 4.69) is 4.98 Å². The molecule has 0 bridgehead atoms. The number of aryl methyl sites for hydroxylation is 1. The average molecular weight is 306 g/mol. The topological polar surface area (TPSA) is 44.1 Å². The van der Waals surface area contributed by atoms with Gasteiger partial charge in [-0.2, -0.15) is 0 Å². The summed E-state index contributed by atoms with van der Waals surface area (Å²) >= 11 is 0. The molecule has 0 saturated heterocycles. The maximum absolute atomic E-state index is 12.2. The van der Waals surface area contributed by atoms with Crippen LogP contribution in [0.1, 0.15) is 21.7 Å². The number of Topliss-reactive ketones (excluding diaryl/α,β-unsaturated/α-hetero) is 1. The van der Waals surface area contributed by atoms with Crippen LogP contribution in [-0.2, 0) is 20.1 Å². The Morgan fingerprint density at radius 2 is 1.78 bits per heavy atom. The monoisotopic (exact) mass is 306 g/mol. The molecule has 1 aromatic heterocycles. The van der Waals surface area contributed by atoms with Crippen molar-refractivity contribution in [3.05, 3.63) is 83.9 Å². The zero-order valence-corrected chi connectivity index (χ0v) is 13.0. The van der Waals surface area contributed by atoms with E-state index in [9.17, 15) is 4.79 Å². The predicted octanol–water partition coefficient (Wildman–Crippen LogP) is 3.42. The number of benzene rings is 2. The van der Waals surface area contributed by atoms with E-state index in [1.54, 1.807) is 17.0 Å². The van der Waals surface area contributed by atoms with E-state index in [1.807, 2.05) is 61.6 Å². The highest BCUT2D eigenvalue weighted by atomic mass is 16.5. The van der Waals surface area contributed by atoms with Gasteiger partial charge in [-0.1, -0.05) is 42.5 Å². The van der Waals surface area contributed by atoms with Crippen LogP contribution in [-0.4, -0.2) is 15.3 Å². The summed E-state index contributed by atoms with van der Waals surface area (Å²) < 4.78 is 7.48. The van der Waals surface area contributed by atoms with Gasteiger partial charge in [0.05, 0.1) is 0 Å². The lowest BCUT2D eigenvalue weighted by molar-refractivity contribution is 0.0980. The van der Waals surface area contributed by atoms with E-state index < -0.39 is 0 Å². The molecule has 0 spiro atoms. The summed E-state index contributed by atoms with van der Waals surface area (Å²) in [6.07, 6.45) is 3.74. The van der Waals surface area contributed by atoms with Crippen molar-refractivity contribution in [2.24, 2.45) is 7.05 Å². The molecule has 0 fully saturated rings. The van der Waals surface area contributed by atoms with Crippen molar-refractivity contribution >= 4 is 5.78 Å². The second-order valence-electron chi connectivity index (χ2n) is 5.38. The summed E-state index contributed by atoms with van der Waals surface area (Å²) in [5, 5.41) is 0. The highest BCUT2D eigenvalue weighted by Gasteiger charge is 2.11. The van der Waals surface area contributed by atoms with Gasteiger partial charge in [0.25, 0.3) is 0 Å². The van der Waals surface area contributed by atoms with Gasteiger partial charge in [-0.25, -0.2) is 4.98 Å². The maximum atomic E-state index is 12.2. The minimum absolute atomic E-state index is 0.00968. The SMILES string of the molecule is Cn1ccnc1C(=O)Cc1ccc(OCc2ccccc2)cc1. The Morgan fingerprint density at radius 3 is 2.43 bits per heavy atom. The van der Waals surface area contributed by atoms with Crippen LogP contribution in [0.3, 0.4) is 0 Å². The van der Waals surface area contributed by atoms with E-state index >= 15 is 0 Å². The lowest BCUT2D eigenvalue weighted by atomic mass is 10.1. The fourth-order valence-corrected chi connectivity index (χ4v) is 2.34. The summed E-state index contributed by atoms with van der Waals surface area (Å²) in [5.41, 5.74) is 2.08. The summed E-state index contributed by atoms with van der Waals surface area (Å²) in [4.78, 5) is 16.3. The minimum Gasteiger partial charge on any atom is -0.489 e. The first-order valence-electron chi connectivity index (χ1n) is 7.48. The molecule has 0 radical (unpaired) electrons. The van der Waals surface area contributed by atoms with Crippen molar-refractivity contribution in [3.8, 4) is 5.75 Å². The molecule has 116 valence electrons. The highest BCUT2D eigenvalue weighted by molar-refractivity contribution is 5.94. The van der Waals surface area contributed by atoms with Gasteiger partial charge < -0.3 is 9.30 Å². The lowest BCUT2D eigenvalue weighted by Crippen LogP contribution is -2.10. The van der Waals surface area contributed by atoms with E-state index in [1.165, 1.54) is 0 Å². The Morgan fingerprint density at radius 1 is 1.04 bits per heavy atom. The minimum atomic E-state index is 0.00968. The first-order valence-corrected chi connectivity index (χ1v) is 7.48. The molecule has 3 rings (SSSR count). The van der Waals surface area contributed by atoms with Crippen LogP contribution < -0.4 is 4.74 Å². The molecule has 0 saturated carbocycles.